The molecule has 0 saturated heterocycles. The molecule has 1 fully saturated rings. The summed E-state index contributed by atoms with van der Waals surface area (Å²) in [5, 5.41) is 18.3. The molecule has 0 aromatic rings. The molecule has 0 amide bonds. The smallest absolute Gasteiger partial charge is 0.309 e. The third-order valence-corrected chi connectivity index (χ3v) is 4.53. The fourth-order valence-electron chi connectivity index (χ4n) is 3.25. The topological polar surface area (TPSA) is 57.5 Å². The molecule has 0 spiro atoms. The monoisotopic (exact) mass is 256 g/mol. The third-order valence-electron chi connectivity index (χ3n) is 4.53. The van der Waals surface area contributed by atoms with Gasteiger partial charge >= 0.3 is 5.97 Å². The van der Waals surface area contributed by atoms with Crippen LogP contribution < -0.4 is 0 Å². The van der Waals surface area contributed by atoms with E-state index in [-0.39, 0.29) is 6.61 Å². The van der Waals surface area contributed by atoms with E-state index in [9.17, 15) is 9.90 Å². The largest absolute Gasteiger partial charge is 0.481 e. The van der Waals surface area contributed by atoms with Crippen LogP contribution in [0.5, 0.6) is 0 Å². The van der Waals surface area contributed by atoms with Gasteiger partial charge in [-0.3, -0.25) is 4.79 Å². The van der Waals surface area contributed by atoms with Gasteiger partial charge in [-0.2, -0.15) is 0 Å². The Morgan fingerprint density at radius 1 is 1.22 bits per heavy atom. The quantitative estimate of drug-likeness (QED) is 0.652. The van der Waals surface area contributed by atoms with E-state index in [0.717, 1.165) is 57.3 Å². The average molecular weight is 256 g/mol. The Morgan fingerprint density at radius 2 is 1.89 bits per heavy atom. The molecular weight excluding hydrogens is 228 g/mol. The van der Waals surface area contributed by atoms with Crippen LogP contribution in [0.2, 0.25) is 0 Å². The summed E-state index contributed by atoms with van der Waals surface area (Å²) < 4.78 is 0. The number of aliphatic carboxylic acids is 1. The number of hydrogen-bond donors (Lipinski definition) is 2. The van der Waals surface area contributed by atoms with E-state index in [1.807, 2.05) is 0 Å². The lowest BCUT2D eigenvalue weighted by atomic mass is 9.67. The maximum absolute atomic E-state index is 11.6. The molecule has 106 valence electrons. The van der Waals surface area contributed by atoms with Crippen molar-refractivity contribution in [3.63, 3.8) is 0 Å². The van der Waals surface area contributed by atoms with Gasteiger partial charge in [0.2, 0.25) is 0 Å². The molecule has 3 heteroatoms. The minimum atomic E-state index is -0.596. The number of unbranched alkanes of at least 4 members (excludes halogenated alkanes) is 2. The van der Waals surface area contributed by atoms with E-state index < -0.39 is 11.4 Å². The lowest BCUT2D eigenvalue weighted by molar-refractivity contribution is -0.152. The van der Waals surface area contributed by atoms with Crippen LogP contribution in [-0.2, 0) is 4.79 Å². The predicted molar refractivity (Wildman–Crippen MR) is 72.5 cm³/mol. The lowest BCUT2D eigenvalue weighted by Gasteiger charge is -2.37. The minimum absolute atomic E-state index is 0.221. The van der Waals surface area contributed by atoms with Gasteiger partial charge in [0, 0.05) is 6.61 Å². The molecule has 0 aromatic heterocycles. The SMILES string of the molecule is CCCC1CCC(CCCCCO)(C(=O)O)CC1. The van der Waals surface area contributed by atoms with Gasteiger partial charge in [-0.15, -0.1) is 0 Å². The molecule has 0 bridgehead atoms. The summed E-state index contributed by atoms with van der Waals surface area (Å²) in [7, 11) is 0. The van der Waals surface area contributed by atoms with Crippen molar-refractivity contribution in [1.29, 1.82) is 0 Å². The Bertz CT molecular complexity index is 237. The highest BCUT2D eigenvalue weighted by atomic mass is 16.4. The van der Waals surface area contributed by atoms with Gasteiger partial charge in [-0.05, 0) is 44.4 Å². The molecule has 1 aliphatic carbocycles. The Labute approximate surface area is 111 Å². The van der Waals surface area contributed by atoms with E-state index in [1.165, 1.54) is 12.8 Å². The van der Waals surface area contributed by atoms with E-state index >= 15 is 0 Å². The zero-order chi connectivity index (χ0) is 13.4. The van der Waals surface area contributed by atoms with Gasteiger partial charge in [0.15, 0.2) is 0 Å². The first-order valence-corrected chi connectivity index (χ1v) is 7.49. The van der Waals surface area contributed by atoms with Crippen LogP contribution in [0.1, 0.15) is 71.1 Å². The second-order valence-corrected chi connectivity index (χ2v) is 5.85. The zero-order valence-corrected chi connectivity index (χ0v) is 11.7. The summed E-state index contributed by atoms with van der Waals surface area (Å²) >= 11 is 0. The minimum Gasteiger partial charge on any atom is -0.481 e. The fraction of sp³-hybridized carbons (Fsp3) is 0.933. The normalized spacial score (nSPS) is 28.2. The van der Waals surface area contributed by atoms with Crippen LogP contribution in [0.15, 0.2) is 0 Å². The molecule has 0 aromatic carbocycles. The van der Waals surface area contributed by atoms with E-state index in [1.54, 1.807) is 0 Å². The van der Waals surface area contributed by atoms with Crippen molar-refractivity contribution in [3.8, 4) is 0 Å². The van der Waals surface area contributed by atoms with Crippen LogP contribution in [0, 0.1) is 11.3 Å². The van der Waals surface area contributed by atoms with Gasteiger partial charge in [-0.1, -0.05) is 32.6 Å². The van der Waals surface area contributed by atoms with Gasteiger partial charge in [-0.25, -0.2) is 0 Å². The van der Waals surface area contributed by atoms with Crippen LogP contribution >= 0.6 is 0 Å². The van der Waals surface area contributed by atoms with E-state index in [0.29, 0.717) is 0 Å². The number of hydrogen-bond acceptors (Lipinski definition) is 2. The molecule has 3 nitrogen and oxygen atoms in total. The van der Waals surface area contributed by atoms with E-state index in [4.69, 9.17) is 5.11 Å². The van der Waals surface area contributed by atoms with Gasteiger partial charge in [0.05, 0.1) is 5.41 Å². The number of carbonyl (C=O) groups is 1. The number of aliphatic hydroxyl groups excluding tert-OH is 1. The fourth-order valence-corrected chi connectivity index (χ4v) is 3.25. The zero-order valence-electron chi connectivity index (χ0n) is 11.7. The second-order valence-electron chi connectivity index (χ2n) is 5.85. The standard InChI is InChI=1S/C15H28O3/c1-2-6-13-7-10-15(11-8-13,14(17)18)9-4-3-5-12-16/h13,16H,2-12H2,1H3,(H,17,18). The average Bonchev–Trinajstić information content (AvgIpc) is 2.37. The summed E-state index contributed by atoms with van der Waals surface area (Å²) in [4.78, 5) is 11.6. The third kappa shape index (κ3) is 4.27. The van der Waals surface area contributed by atoms with Crippen LogP contribution in [0.25, 0.3) is 0 Å². The maximum Gasteiger partial charge on any atom is 0.309 e. The van der Waals surface area contributed by atoms with Crippen LogP contribution in [0.3, 0.4) is 0 Å². The van der Waals surface area contributed by atoms with Crippen LogP contribution in [-0.4, -0.2) is 22.8 Å². The Morgan fingerprint density at radius 3 is 2.39 bits per heavy atom. The van der Waals surface area contributed by atoms with Crippen molar-refractivity contribution in [2.75, 3.05) is 6.61 Å². The Balaban J connectivity index is 2.43. The molecular formula is C15H28O3. The first kappa shape index (κ1) is 15.5. The molecule has 0 radical (unpaired) electrons. The summed E-state index contributed by atoms with van der Waals surface area (Å²) in [6.45, 7) is 2.42. The first-order chi connectivity index (χ1) is 8.64. The molecule has 1 aliphatic rings. The molecule has 0 unspecified atom stereocenters. The number of aliphatic hydroxyl groups is 1. The summed E-state index contributed by atoms with van der Waals surface area (Å²) in [6, 6.07) is 0. The van der Waals surface area contributed by atoms with Crippen LogP contribution in [0.4, 0.5) is 0 Å². The van der Waals surface area contributed by atoms with E-state index in [2.05, 4.69) is 6.92 Å². The Hall–Kier alpha value is -0.570. The maximum atomic E-state index is 11.6. The summed E-state index contributed by atoms with van der Waals surface area (Å²) in [5.74, 6) is 0.154. The molecule has 0 atom stereocenters. The molecule has 0 heterocycles. The van der Waals surface area contributed by atoms with Crippen molar-refractivity contribution in [2.45, 2.75) is 71.1 Å². The molecule has 1 rings (SSSR count). The summed E-state index contributed by atoms with van der Waals surface area (Å²) in [5.41, 5.74) is -0.459. The van der Waals surface area contributed by atoms with Crippen molar-refractivity contribution >= 4 is 5.97 Å². The Kier molecular flexibility index (Phi) is 6.69. The predicted octanol–water partition coefficient (Wildman–Crippen LogP) is 3.60. The molecule has 1 saturated carbocycles. The summed E-state index contributed by atoms with van der Waals surface area (Å²) in [6.07, 6.45) is 9.81. The second kappa shape index (κ2) is 7.78. The van der Waals surface area contributed by atoms with Crippen molar-refractivity contribution in [1.82, 2.24) is 0 Å². The number of rotatable bonds is 8. The van der Waals surface area contributed by atoms with Gasteiger partial charge < -0.3 is 10.2 Å². The van der Waals surface area contributed by atoms with Crippen molar-refractivity contribution in [2.24, 2.45) is 11.3 Å². The first-order valence-electron chi connectivity index (χ1n) is 7.49. The number of carboxylic acids is 1. The van der Waals surface area contributed by atoms with Crippen molar-refractivity contribution < 1.29 is 15.0 Å². The van der Waals surface area contributed by atoms with Gasteiger partial charge in [0.1, 0.15) is 0 Å². The van der Waals surface area contributed by atoms with Crippen molar-refractivity contribution in [3.05, 3.63) is 0 Å². The highest BCUT2D eigenvalue weighted by Gasteiger charge is 2.40. The number of carboxylic acid groups (broad SMARTS) is 1. The highest BCUT2D eigenvalue weighted by molar-refractivity contribution is 5.74. The van der Waals surface area contributed by atoms with Gasteiger partial charge in [0.25, 0.3) is 0 Å². The molecule has 2 N–H and O–H groups in total. The highest BCUT2D eigenvalue weighted by Crippen LogP contribution is 2.44. The molecule has 18 heavy (non-hydrogen) atoms. The lowest BCUT2D eigenvalue weighted by Crippen LogP contribution is -2.35. The molecule has 0 aliphatic heterocycles.